The van der Waals surface area contributed by atoms with Gasteiger partial charge in [-0.05, 0) is 54.0 Å². The fraction of sp³-hybridized carbons (Fsp3) is 0.333. The molecular weight excluding hydrogens is 298 g/mol. The molecule has 0 saturated heterocycles. The van der Waals surface area contributed by atoms with E-state index in [4.69, 9.17) is 0 Å². The van der Waals surface area contributed by atoms with Gasteiger partial charge in [0.25, 0.3) is 0 Å². The van der Waals surface area contributed by atoms with Crippen molar-refractivity contribution in [2.45, 2.75) is 25.2 Å². The second-order valence-electron chi connectivity index (χ2n) is 6.10. The van der Waals surface area contributed by atoms with Gasteiger partial charge in [-0.1, -0.05) is 62.4 Å². The van der Waals surface area contributed by atoms with Crippen molar-refractivity contribution in [3.05, 3.63) is 71.8 Å². The summed E-state index contributed by atoms with van der Waals surface area (Å²) in [5.41, 5.74) is 3.83. The van der Waals surface area contributed by atoms with Gasteiger partial charge in [-0.25, -0.2) is 0 Å². The lowest BCUT2D eigenvalue weighted by Gasteiger charge is -2.10. The summed E-state index contributed by atoms with van der Waals surface area (Å²) in [6, 6.07) is 19.6. The lowest BCUT2D eigenvalue weighted by atomic mass is 9.97. The molecule has 0 aromatic heterocycles. The lowest BCUT2D eigenvalue weighted by Crippen LogP contribution is -2.05. The summed E-state index contributed by atoms with van der Waals surface area (Å²) in [6.07, 6.45) is 3.53. The zero-order valence-electron chi connectivity index (χ0n) is 14.4. The van der Waals surface area contributed by atoms with Crippen LogP contribution >= 0.6 is 11.8 Å². The van der Waals surface area contributed by atoms with Crippen LogP contribution in [0.2, 0.25) is 0 Å². The van der Waals surface area contributed by atoms with Crippen molar-refractivity contribution >= 4 is 17.3 Å². The third-order valence-electron chi connectivity index (χ3n) is 3.72. The Hall–Kier alpha value is -1.51. The minimum absolute atomic E-state index is 0.774. The third-order valence-corrected chi connectivity index (χ3v) is 4.77. The maximum Gasteiger partial charge on any atom is 0.0141 e. The second-order valence-corrected chi connectivity index (χ2v) is 7.27. The third kappa shape index (κ3) is 5.89. The van der Waals surface area contributed by atoms with E-state index in [1.807, 2.05) is 18.8 Å². The van der Waals surface area contributed by atoms with Gasteiger partial charge < -0.3 is 5.32 Å². The smallest absolute Gasteiger partial charge is 0.0141 e. The van der Waals surface area contributed by atoms with E-state index in [1.165, 1.54) is 33.8 Å². The van der Waals surface area contributed by atoms with Gasteiger partial charge in [0.15, 0.2) is 0 Å². The maximum absolute atomic E-state index is 3.21. The van der Waals surface area contributed by atoms with Gasteiger partial charge in [-0.15, -0.1) is 11.8 Å². The standard InChI is InChI=1S/C21H27NS/c1-17(2)14-16-23-20-11-9-19(10-12-20)21(13-15-22-3)18-7-5-4-6-8-18/h4-13,17,22H,14-16H2,1-3H3. The Morgan fingerprint density at radius 1 is 1.00 bits per heavy atom. The Morgan fingerprint density at radius 3 is 2.26 bits per heavy atom. The summed E-state index contributed by atoms with van der Waals surface area (Å²) in [4.78, 5) is 1.36. The molecule has 2 aromatic carbocycles. The molecule has 2 aromatic rings. The molecular formula is C21H27NS. The number of benzene rings is 2. The predicted molar refractivity (Wildman–Crippen MR) is 104 cm³/mol. The molecule has 122 valence electrons. The molecule has 2 heteroatoms. The van der Waals surface area contributed by atoms with Crippen molar-refractivity contribution in [1.82, 2.24) is 5.32 Å². The van der Waals surface area contributed by atoms with Crippen molar-refractivity contribution in [2.75, 3.05) is 19.3 Å². The molecule has 0 atom stereocenters. The first-order valence-electron chi connectivity index (χ1n) is 8.34. The summed E-state index contributed by atoms with van der Waals surface area (Å²) in [5, 5.41) is 3.21. The van der Waals surface area contributed by atoms with E-state index in [1.54, 1.807) is 0 Å². The van der Waals surface area contributed by atoms with Gasteiger partial charge in [-0.3, -0.25) is 0 Å². The van der Waals surface area contributed by atoms with Gasteiger partial charge in [0.1, 0.15) is 0 Å². The zero-order chi connectivity index (χ0) is 16.5. The molecule has 0 saturated carbocycles. The Labute approximate surface area is 145 Å². The van der Waals surface area contributed by atoms with E-state index >= 15 is 0 Å². The largest absolute Gasteiger partial charge is 0.316 e. The van der Waals surface area contributed by atoms with Gasteiger partial charge in [0.2, 0.25) is 0 Å². The Morgan fingerprint density at radius 2 is 1.65 bits per heavy atom. The average Bonchev–Trinajstić information content (AvgIpc) is 2.57. The number of hydrogen-bond acceptors (Lipinski definition) is 2. The fourth-order valence-corrected chi connectivity index (χ4v) is 3.52. The Balaban J connectivity index is 2.13. The van der Waals surface area contributed by atoms with E-state index < -0.39 is 0 Å². The topological polar surface area (TPSA) is 12.0 Å². The highest BCUT2D eigenvalue weighted by atomic mass is 32.2. The molecule has 23 heavy (non-hydrogen) atoms. The first kappa shape index (κ1) is 17.8. The van der Waals surface area contributed by atoms with E-state index in [-0.39, 0.29) is 0 Å². The highest BCUT2D eigenvalue weighted by molar-refractivity contribution is 7.99. The molecule has 0 bridgehead atoms. The van der Waals surface area contributed by atoms with E-state index in [9.17, 15) is 0 Å². The molecule has 0 radical (unpaired) electrons. The number of likely N-dealkylation sites (N-methyl/N-ethyl adjacent to an activating group) is 1. The summed E-state index contributed by atoms with van der Waals surface area (Å²) in [6.45, 7) is 5.43. The zero-order valence-corrected chi connectivity index (χ0v) is 15.2. The Bertz CT molecular complexity index is 599. The number of thioether (sulfide) groups is 1. The summed E-state index contributed by atoms with van der Waals surface area (Å²) < 4.78 is 0. The maximum atomic E-state index is 3.21. The second kappa shape index (κ2) is 9.59. The van der Waals surface area contributed by atoms with Crippen LogP contribution in [0.5, 0.6) is 0 Å². The molecule has 0 spiro atoms. The van der Waals surface area contributed by atoms with Crippen LogP contribution in [0, 0.1) is 5.92 Å². The molecule has 0 amide bonds. The molecule has 0 aliphatic heterocycles. The van der Waals surface area contributed by atoms with Crippen molar-refractivity contribution < 1.29 is 0 Å². The molecule has 0 fully saturated rings. The first-order chi connectivity index (χ1) is 11.2. The number of hydrogen-bond donors (Lipinski definition) is 1. The van der Waals surface area contributed by atoms with Crippen LogP contribution in [0.15, 0.2) is 65.6 Å². The van der Waals surface area contributed by atoms with Gasteiger partial charge in [-0.2, -0.15) is 0 Å². The van der Waals surface area contributed by atoms with Crippen LogP contribution in [0.4, 0.5) is 0 Å². The van der Waals surface area contributed by atoms with Crippen LogP contribution < -0.4 is 5.32 Å². The van der Waals surface area contributed by atoms with Crippen molar-refractivity contribution in [3.8, 4) is 0 Å². The predicted octanol–water partition coefficient (Wildman–Crippen LogP) is 5.48. The van der Waals surface area contributed by atoms with Gasteiger partial charge in [0, 0.05) is 11.4 Å². The van der Waals surface area contributed by atoms with Crippen molar-refractivity contribution in [2.24, 2.45) is 5.92 Å². The average molecular weight is 326 g/mol. The fourth-order valence-electron chi connectivity index (χ4n) is 2.37. The highest BCUT2D eigenvalue weighted by Crippen LogP contribution is 2.26. The van der Waals surface area contributed by atoms with Crippen LogP contribution in [-0.2, 0) is 0 Å². The molecule has 0 unspecified atom stereocenters. The number of rotatable bonds is 8. The molecule has 0 aliphatic rings. The monoisotopic (exact) mass is 325 g/mol. The quantitative estimate of drug-likeness (QED) is 0.645. The lowest BCUT2D eigenvalue weighted by molar-refractivity contribution is 0.632. The minimum atomic E-state index is 0.774. The van der Waals surface area contributed by atoms with E-state index in [2.05, 4.69) is 79.8 Å². The summed E-state index contributed by atoms with van der Waals surface area (Å²) in [7, 11) is 1.98. The van der Waals surface area contributed by atoms with Crippen molar-refractivity contribution in [1.29, 1.82) is 0 Å². The van der Waals surface area contributed by atoms with Gasteiger partial charge >= 0.3 is 0 Å². The van der Waals surface area contributed by atoms with Gasteiger partial charge in [0.05, 0.1) is 0 Å². The Kier molecular flexibility index (Phi) is 7.44. The molecule has 1 N–H and O–H groups in total. The van der Waals surface area contributed by atoms with Crippen LogP contribution in [-0.4, -0.2) is 19.3 Å². The first-order valence-corrected chi connectivity index (χ1v) is 9.32. The highest BCUT2D eigenvalue weighted by Gasteiger charge is 2.05. The molecule has 0 aliphatic carbocycles. The van der Waals surface area contributed by atoms with E-state index in [0.29, 0.717) is 0 Å². The summed E-state index contributed by atoms with van der Waals surface area (Å²) >= 11 is 1.95. The SMILES string of the molecule is CNCC=C(c1ccccc1)c1ccc(SCCC(C)C)cc1. The minimum Gasteiger partial charge on any atom is -0.316 e. The van der Waals surface area contributed by atoms with Crippen LogP contribution in [0.25, 0.3) is 5.57 Å². The van der Waals surface area contributed by atoms with Crippen molar-refractivity contribution in [3.63, 3.8) is 0 Å². The van der Waals surface area contributed by atoms with Crippen LogP contribution in [0.1, 0.15) is 31.4 Å². The van der Waals surface area contributed by atoms with Crippen LogP contribution in [0.3, 0.4) is 0 Å². The molecule has 2 rings (SSSR count). The number of nitrogens with one attached hydrogen (secondary N) is 1. The molecule has 0 heterocycles. The van der Waals surface area contributed by atoms with E-state index in [0.717, 1.165) is 12.5 Å². The normalized spacial score (nSPS) is 11.9. The molecule has 1 nitrogen and oxygen atoms in total. The summed E-state index contributed by atoms with van der Waals surface area (Å²) in [5.74, 6) is 1.97.